The van der Waals surface area contributed by atoms with Crippen LogP contribution in [0.25, 0.3) is 11.3 Å². The van der Waals surface area contributed by atoms with Gasteiger partial charge in [0.1, 0.15) is 5.82 Å². The molecule has 172 valence electrons. The fraction of sp³-hybridized carbons (Fsp3) is 0.500. The quantitative estimate of drug-likeness (QED) is 0.466. The van der Waals surface area contributed by atoms with Gasteiger partial charge in [0.2, 0.25) is 16.0 Å². The summed E-state index contributed by atoms with van der Waals surface area (Å²) >= 11 is 0. The molecule has 0 bridgehead atoms. The van der Waals surface area contributed by atoms with Crippen molar-refractivity contribution in [2.75, 3.05) is 30.8 Å². The number of hydrogen-bond acceptors (Lipinski definition) is 7. The maximum Gasteiger partial charge on any atom is 0.335 e. The Morgan fingerprint density at radius 1 is 1.10 bits per heavy atom. The number of hydrogen-bond donors (Lipinski definition) is 0. The number of sulfonamides is 1. The standard InChI is InChI=1S/C20H29FN3O5PS/c1-7-28-30(25,29-8-2)13-17-18(14(3)4)22-20(24(5)31(6,26)27)23-19(17)15-9-11-16(21)12-10-15/h9-12,14H,7-8,13H2,1-6H3. The van der Waals surface area contributed by atoms with Gasteiger partial charge in [0.25, 0.3) is 0 Å². The number of anilines is 1. The lowest BCUT2D eigenvalue weighted by molar-refractivity contribution is 0.219. The van der Waals surface area contributed by atoms with Gasteiger partial charge in [0.05, 0.1) is 37.0 Å². The maximum atomic E-state index is 13.5. The highest BCUT2D eigenvalue weighted by molar-refractivity contribution is 7.92. The van der Waals surface area contributed by atoms with E-state index >= 15 is 0 Å². The molecule has 0 atom stereocenters. The van der Waals surface area contributed by atoms with Crippen LogP contribution in [-0.4, -0.2) is 44.9 Å². The van der Waals surface area contributed by atoms with Crippen LogP contribution in [0.2, 0.25) is 0 Å². The van der Waals surface area contributed by atoms with Crippen LogP contribution in [0.15, 0.2) is 24.3 Å². The van der Waals surface area contributed by atoms with E-state index in [4.69, 9.17) is 9.05 Å². The molecule has 0 unspecified atom stereocenters. The number of benzene rings is 1. The van der Waals surface area contributed by atoms with E-state index in [0.29, 0.717) is 22.5 Å². The molecular weight excluding hydrogens is 444 g/mol. The molecule has 0 spiro atoms. The first-order valence-electron chi connectivity index (χ1n) is 9.90. The second-order valence-corrected chi connectivity index (χ2v) is 11.3. The maximum absolute atomic E-state index is 13.5. The molecule has 0 N–H and O–H groups in total. The lowest BCUT2D eigenvalue weighted by Crippen LogP contribution is -2.28. The van der Waals surface area contributed by atoms with Gasteiger partial charge >= 0.3 is 7.60 Å². The average Bonchev–Trinajstić information content (AvgIpc) is 2.67. The number of halogens is 1. The van der Waals surface area contributed by atoms with Crippen LogP contribution in [0.5, 0.6) is 0 Å². The Morgan fingerprint density at radius 2 is 1.65 bits per heavy atom. The molecule has 11 heteroatoms. The first-order valence-corrected chi connectivity index (χ1v) is 13.5. The fourth-order valence-electron chi connectivity index (χ4n) is 2.97. The van der Waals surface area contributed by atoms with E-state index in [0.717, 1.165) is 10.6 Å². The molecule has 0 aliphatic rings. The van der Waals surface area contributed by atoms with Crippen molar-refractivity contribution in [2.24, 2.45) is 0 Å². The molecule has 0 aliphatic heterocycles. The Bertz CT molecular complexity index is 1050. The summed E-state index contributed by atoms with van der Waals surface area (Å²) < 4.78 is 62.9. The van der Waals surface area contributed by atoms with Crippen molar-refractivity contribution in [1.82, 2.24) is 9.97 Å². The molecular formula is C20H29FN3O5PS. The van der Waals surface area contributed by atoms with Crippen molar-refractivity contribution in [3.8, 4) is 11.3 Å². The SMILES string of the molecule is CCOP(=O)(Cc1c(-c2ccc(F)cc2)nc(N(C)S(C)(=O)=O)nc1C(C)C)OCC. The van der Waals surface area contributed by atoms with E-state index < -0.39 is 23.4 Å². The van der Waals surface area contributed by atoms with Crippen molar-refractivity contribution in [2.45, 2.75) is 39.8 Å². The highest BCUT2D eigenvalue weighted by atomic mass is 32.2. The zero-order valence-corrected chi connectivity index (χ0v) is 20.3. The Labute approximate surface area is 183 Å². The molecule has 8 nitrogen and oxygen atoms in total. The lowest BCUT2D eigenvalue weighted by atomic mass is 9.99. The molecule has 31 heavy (non-hydrogen) atoms. The van der Waals surface area contributed by atoms with Gasteiger partial charge in [0, 0.05) is 18.2 Å². The van der Waals surface area contributed by atoms with Crippen molar-refractivity contribution in [1.29, 1.82) is 0 Å². The third kappa shape index (κ3) is 6.32. The predicted octanol–water partition coefficient (Wildman–Crippen LogP) is 4.57. The van der Waals surface area contributed by atoms with Gasteiger partial charge < -0.3 is 9.05 Å². The Kier molecular flexibility index (Phi) is 8.33. The fourth-order valence-corrected chi connectivity index (χ4v) is 5.09. The molecule has 1 aromatic carbocycles. The number of aromatic nitrogens is 2. The Morgan fingerprint density at radius 3 is 2.10 bits per heavy atom. The van der Waals surface area contributed by atoms with E-state index in [9.17, 15) is 17.4 Å². The topological polar surface area (TPSA) is 98.7 Å². The monoisotopic (exact) mass is 473 g/mol. The minimum atomic E-state index is -3.63. The summed E-state index contributed by atoms with van der Waals surface area (Å²) in [7, 11) is -5.79. The third-order valence-corrected chi connectivity index (χ3v) is 7.64. The van der Waals surface area contributed by atoms with Crippen molar-refractivity contribution in [3.63, 3.8) is 0 Å². The normalized spacial score (nSPS) is 12.4. The minimum Gasteiger partial charge on any atom is -0.309 e. The van der Waals surface area contributed by atoms with Crippen LogP contribution in [0, 0.1) is 5.82 Å². The van der Waals surface area contributed by atoms with Crippen LogP contribution in [0.1, 0.15) is 44.9 Å². The van der Waals surface area contributed by atoms with Crippen LogP contribution >= 0.6 is 7.60 Å². The first-order chi connectivity index (χ1) is 14.4. The highest BCUT2D eigenvalue weighted by Crippen LogP contribution is 2.53. The number of nitrogens with zero attached hydrogens (tertiary/aromatic N) is 3. The Balaban J connectivity index is 2.82. The molecule has 2 rings (SSSR count). The summed E-state index contributed by atoms with van der Waals surface area (Å²) in [5.41, 5.74) is 1.91. The largest absolute Gasteiger partial charge is 0.335 e. The molecule has 1 heterocycles. The summed E-state index contributed by atoms with van der Waals surface area (Å²) in [6.45, 7) is 7.59. The molecule has 0 aliphatic carbocycles. The molecule has 0 fully saturated rings. The smallest absolute Gasteiger partial charge is 0.309 e. The van der Waals surface area contributed by atoms with E-state index in [1.165, 1.54) is 31.3 Å². The average molecular weight is 474 g/mol. The van der Waals surface area contributed by atoms with Crippen LogP contribution in [-0.2, 0) is 29.8 Å². The first kappa shape index (κ1) is 25.4. The van der Waals surface area contributed by atoms with Crippen LogP contribution in [0.3, 0.4) is 0 Å². The zero-order chi connectivity index (χ0) is 23.4. The summed E-state index contributed by atoms with van der Waals surface area (Å²) in [5, 5.41) is 0. The number of rotatable bonds is 10. The van der Waals surface area contributed by atoms with E-state index in [1.807, 2.05) is 13.8 Å². The molecule has 2 aromatic rings. The summed E-state index contributed by atoms with van der Waals surface area (Å²) in [6.07, 6.45) is 0.951. The van der Waals surface area contributed by atoms with Gasteiger partial charge in [0.15, 0.2) is 0 Å². The predicted molar refractivity (Wildman–Crippen MR) is 119 cm³/mol. The molecule has 0 saturated heterocycles. The van der Waals surface area contributed by atoms with Crippen molar-refractivity contribution < 1.29 is 26.4 Å². The minimum absolute atomic E-state index is 0.0306. The second kappa shape index (κ2) is 10.2. The summed E-state index contributed by atoms with van der Waals surface area (Å²) in [5.74, 6) is -0.608. The van der Waals surface area contributed by atoms with Gasteiger partial charge in [-0.2, -0.15) is 0 Å². The van der Waals surface area contributed by atoms with Gasteiger partial charge in [-0.25, -0.2) is 27.1 Å². The van der Waals surface area contributed by atoms with Gasteiger partial charge in [-0.15, -0.1) is 0 Å². The highest BCUT2D eigenvalue weighted by Gasteiger charge is 2.31. The molecule has 0 saturated carbocycles. The van der Waals surface area contributed by atoms with Gasteiger partial charge in [-0.3, -0.25) is 4.57 Å². The zero-order valence-electron chi connectivity index (χ0n) is 18.6. The van der Waals surface area contributed by atoms with Gasteiger partial charge in [-0.05, 0) is 44.0 Å². The van der Waals surface area contributed by atoms with Crippen molar-refractivity contribution in [3.05, 3.63) is 41.3 Å². The van der Waals surface area contributed by atoms with Crippen molar-refractivity contribution >= 4 is 23.6 Å². The van der Waals surface area contributed by atoms with Gasteiger partial charge in [-0.1, -0.05) is 13.8 Å². The summed E-state index contributed by atoms with van der Waals surface area (Å²) in [4.78, 5) is 8.94. The van der Waals surface area contributed by atoms with E-state index in [2.05, 4.69) is 9.97 Å². The van der Waals surface area contributed by atoms with Crippen LogP contribution in [0.4, 0.5) is 10.3 Å². The second-order valence-electron chi connectivity index (χ2n) is 7.23. The third-order valence-electron chi connectivity index (χ3n) is 4.47. The molecule has 0 amide bonds. The lowest BCUT2D eigenvalue weighted by Gasteiger charge is -2.24. The molecule has 1 aromatic heterocycles. The van der Waals surface area contributed by atoms with E-state index in [1.54, 1.807) is 13.8 Å². The summed E-state index contributed by atoms with van der Waals surface area (Å²) in [6, 6.07) is 5.62. The van der Waals surface area contributed by atoms with Crippen LogP contribution < -0.4 is 4.31 Å². The molecule has 0 radical (unpaired) electrons. The Hall–Kier alpha value is -1.87. The van der Waals surface area contributed by atoms with E-state index in [-0.39, 0.29) is 31.2 Å².